The van der Waals surface area contributed by atoms with E-state index in [9.17, 15) is 0 Å². The smallest absolute Gasteiger partial charge is 0.216 e. The Morgan fingerprint density at radius 1 is 1.17 bits per heavy atom. The quantitative estimate of drug-likeness (QED) is 0.631. The van der Waals surface area contributed by atoms with Crippen LogP contribution in [0, 0.1) is 0 Å². The zero-order chi connectivity index (χ0) is 17.4. The maximum Gasteiger partial charge on any atom is 0.216 e. The molecule has 1 aromatic carbocycles. The van der Waals surface area contributed by atoms with Gasteiger partial charge in [0.2, 0.25) is 5.89 Å². The van der Waals surface area contributed by atoms with Crippen molar-refractivity contribution in [3.63, 3.8) is 0 Å². The minimum absolute atomic E-state index is 0.0343. The molecule has 1 aromatic heterocycles. The molecule has 2 N–H and O–H groups in total. The van der Waals surface area contributed by atoms with Gasteiger partial charge in [0.15, 0.2) is 5.96 Å². The van der Waals surface area contributed by atoms with Gasteiger partial charge in [0, 0.05) is 18.5 Å². The highest BCUT2D eigenvalue weighted by atomic mass is 16.4. The number of guanidine groups is 1. The summed E-state index contributed by atoms with van der Waals surface area (Å²) in [6.45, 7) is 10.4. The van der Waals surface area contributed by atoms with Crippen molar-refractivity contribution in [1.82, 2.24) is 15.6 Å². The monoisotopic (exact) mass is 328 g/mol. The fourth-order valence-electron chi connectivity index (χ4n) is 2.19. The number of oxazole rings is 1. The van der Waals surface area contributed by atoms with Crippen LogP contribution in [0.5, 0.6) is 0 Å². The van der Waals surface area contributed by atoms with E-state index in [1.54, 1.807) is 6.20 Å². The zero-order valence-electron chi connectivity index (χ0n) is 15.1. The zero-order valence-corrected chi connectivity index (χ0v) is 15.1. The largest absolute Gasteiger partial charge is 0.443 e. The predicted molar refractivity (Wildman–Crippen MR) is 98.2 cm³/mol. The van der Waals surface area contributed by atoms with Crippen LogP contribution in [-0.2, 0) is 18.4 Å². The van der Waals surface area contributed by atoms with Crippen molar-refractivity contribution < 1.29 is 4.42 Å². The van der Waals surface area contributed by atoms with Gasteiger partial charge in [0.05, 0.1) is 6.20 Å². The lowest BCUT2D eigenvalue weighted by molar-refractivity contribution is 0.383. The molecule has 5 heteroatoms. The third-order valence-electron chi connectivity index (χ3n) is 3.56. The maximum absolute atomic E-state index is 5.78. The van der Waals surface area contributed by atoms with Gasteiger partial charge < -0.3 is 15.1 Å². The number of hydrogen-bond acceptors (Lipinski definition) is 3. The van der Waals surface area contributed by atoms with Gasteiger partial charge in [-0.1, -0.05) is 51.1 Å². The molecule has 5 nitrogen and oxygen atoms in total. The SMILES string of the molecule is CCNC(=NCc1ncc(C(C)(C)C)o1)NCCc1ccccc1. The molecule has 1 heterocycles. The van der Waals surface area contributed by atoms with Crippen molar-refractivity contribution in [2.75, 3.05) is 13.1 Å². The van der Waals surface area contributed by atoms with E-state index in [1.165, 1.54) is 5.56 Å². The third kappa shape index (κ3) is 5.72. The summed E-state index contributed by atoms with van der Waals surface area (Å²) in [5.41, 5.74) is 1.27. The predicted octanol–water partition coefficient (Wildman–Crippen LogP) is 3.27. The lowest BCUT2D eigenvalue weighted by Gasteiger charge is -2.13. The Hall–Kier alpha value is -2.30. The van der Waals surface area contributed by atoms with Gasteiger partial charge in [0.25, 0.3) is 0 Å². The van der Waals surface area contributed by atoms with Crippen LogP contribution in [0.2, 0.25) is 0 Å². The van der Waals surface area contributed by atoms with E-state index < -0.39 is 0 Å². The maximum atomic E-state index is 5.78. The first-order chi connectivity index (χ1) is 11.5. The van der Waals surface area contributed by atoms with Crippen LogP contribution in [-0.4, -0.2) is 24.0 Å². The molecular weight excluding hydrogens is 300 g/mol. The molecule has 0 atom stereocenters. The lowest BCUT2D eigenvalue weighted by atomic mass is 9.94. The number of nitrogens with zero attached hydrogens (tertiary/aromatic N) is 2. The third-order valence-corrected chi connectivity index (χ3v) is 3.56. The Morgan fingerprint density at radius 2 is 1.92 bits per heavy atom. The van der Waals surface area contributed by atoms with E-state index in [4.69, 9.17) is 4.42 Å². The molecule has 0 amide bonds. The van der Waals surface area contributed by atoms with Crippen LogP contribution < -0.4 is 10.6 Å². The number of aliphatic imine (C=N–C) groups is 1. The van der Waals surface area contributed by atoms with Gasteiger partial charge in [-0.2, -0.15) is 0 Å². The van der Waals surface area contributed by atoms with Gasteiger partial charge in [-0.15, -0.1) is 0 Å². The average molecular weight is 328 g/mol. The van der Waals surface area contributed by atoms with Crippen LogP contribution in [0.15, 0.2) is 45.9 Å². The normalized spacial score (nSPS) is 12.2. The second-order valence-electron chi connectivity index (χ2n) is 6.73. The molecule has 130 valence electrons. The van der Waals surface area contributed by atoms with Crippen molar-refractivity contribution in [2.24, 2.45) is 4.99 Å². The first kappa shape index (κ1) is 18.0. The second kappa shape index (κ2) is 8.52. The fourth-order valence-corrected chi connectivity index (χ4v) is 2.19. The average Bonchev–Trinajstić information content (AvgIpc) is 3.03. The summed E-state index contributed by atoms with van der Waals surface area (Å²) in [5.74, 6) is 2.30. The molecule has 0 bridgehead atoms. The van der Waals surface area contributed by atoms with Crippen molar-refractivity contribution >= 4 is 5.96 Å². The summed E-state index contributed by atoms with van der Waals surface area (Å²) in [5, 5.41) is 6.59. The Kier molecular flexibility index (Phi) is 6.41. The molecule has 0 fully saturated rings. The molecular formula is C19H28N4O. The number of aromatic nitrogens is 1. The van der Waals surface area contributed by atoms with E-state index in [1.807, 2.05) is 6.07 Å². The highest BCUT2D eigenvalue weighted by Crippen LogP contribution is 2.22. The summed E-state index contributed by atoms with van der Waals surface area (Å²) in [4.78, 5) is 8.86. The highest BCUT2D eigenvalue weighted by molar-refractivity contribution is 5.79. The van der Waals surface area contributed by atoms with E-state index in [2.05, 4.69) is 72.6 Å². The van der Waals surface area contributed by atoms with Crippen molar-refractivity contribution in [3.05, 3.63) is 53.7 Å². The Bertz CT molecular complexity index is 641. The van der Waals surface area contributed by atoms with Gasteiger partial charge in [-0.3, -0.25) is 0 Å². The molecule has 0 aliphatic heterocycles. The minimum atomic E-state index is -0.0343. The molecule has 0 unspecified atom stereocenters. The molecule has 2 aromatic rings. The van der Waals surface area contributed by atoms with E-state index in [0.717, 1.165) is 31.2 Å². The standard InChI is InChI=1S/C19H28N4O/c1-5-20-18(21-12-11-15-9-7-6-8-10-15)23-14-17-22-13-16(24-17)19(2,3)4/h6-10,13H,5,11-12,14H2,1-4H3,(H2,20,21,23). The van der Waals surface area contributed by atoms with Crippen LogP contribution >= 0.6 is 0 Å². The number of hydrogen-bond donors (Lipinski definition) is 2. The van der Waals surface area contributed by atoms with Crippen LogP contribution in [0.4, 0.5) is 0 Å². The van der Waals surface area contributed by atoms with Crippen molar-refractivity contribution in [1.29, 1.82) is 0 Å². The van der Waals surface area contributed by atoms with Gasteiger partial charge >= 0.3 is 0 Å². The second-order valence-corrected chi connectivity index (χ2v) is 6.73. The molecule has 0 spiro atoms. The molecule has 0 saturated heterocycles. The minimum Gasteiger partial charge on any atom is -0.443 e. The van der Waals surface area contributed by atoms with E-state index >= 15 is 0 Å². The molecule has 0 saturated carbocycles. The summed E-state index contributed by atoms with van der Waals surface area (Å²) >= 11 is 0. The first-order valence-electron chi connectivity index (χ1n) is 8.50. The molecule has 0 aliphatic rings. The van der Waals surface area contributed by atoms with Crippen molar-refractivity contribution in [2.45, 2.75) is 46.1 Å². The number of nitrogens with one attached hydrogen (secondary N) is 2. The fraction of sp³-hybridized carbons (Fsp3) is 0.474. The summed E-state index contributed by atoms with van der Waals surface area (Å²) in [6.07, 6.45) is 2.75. The van der Waals surface area contributed by atoms with E-state index in [0.29, 0.717) is 12.4 Å². The summed E-state index contributed by atoms with van der Waals surface area (Å²) in [6, 6.07) is 10.4. The van der Waals surface area contributed by atoms with Gasteiger partial charge in [0.1, 0.15) is 12.3 Å². The Balaban J connectivity index is 1.89. The van der Waals surface area contributed by atoms with Gasteiger partial charge in [-0.05, 0) is 18.9 Å². The Morgan fingerprint density at radius 3 is 2.54 bits per heavy atom. The van der Waals surface area contributed by atoms with E-state index in [-0.39, 0.29) is 5.41 Å². The Labute approximate surface area is 144 Å². The molecule has 2 rings (SSSR count). The number of benzene rings is 1. The van der Waals surface area contributed by atoms with Crippen molar-refractivity contribution in [3.8, 4) is 0 Å². The van der Waals surface area contributed by atoms with Crippen LogP contribution in [0.3, 0.4) is 0 Å². The first-order valence-corrected chi connectivity index (χ1v) is 8.50. The van der Waals surface area contributed by atoms with Crippen LogP contribution in [0.1, 0.15) is 44.9 Å². The van der Waals surface area contributed by atoms with Gasteiger partial charge in [-0.25, -0.2) is 9.98 Å². The highest BCUT2D eigenvalue weighted by Gasteiger charge is 2.18. The summed E-state index contributed by atoms with van der Waals surface area (Å²) < 4.78 is 5.78. The molecule has 0 aliphatic carbocycles. The summed E-state index contributed by atoms with van der Waals surface area (Å²) in [7, 11) is 0. The molecule has 0 radical (unpaired) electrons. The van der Waals surface area contributed by atoms with Crippen LogP contribution in [0.25, 0.3) is 0 Å². The molecule has 24 heavy (non-hydrogen) atoms. The topological polar surface area (TPSA) is 62.5 Å². The lowest BCUT2D eigenvalue weighted by Crippen LogP contribution is -2.38. The number of rotatable bonds is 6.